The first kappa shape index (κ1) is 11.8. The van der Waals surface area contributed by atoms with E-state index in [0.717, 1.165) is 22.2 Å². The lowest BCUT2D eigenvalue weighted by atomic mass is 10.0. The summed E-state index contributed by atoms with van der Waals surface area (Å²) in [4.78, 5) is 4.29. The molecule has 0 saturated heterocycles. The van der Waals surface area contributed by atoms with E-state index in [9.17, 15) is 5.11 Å². The molecule has 0 aliphatic carbocycles. The van der Waals surface area contributed by atoms with Crippen LogP contribution in [0.25, 0.3) is 10.9 Å². The molecule has 0 spiro atoms. The minimum absolute atomic E-state index is 0.446. The van der Waals surface area contributed by atoms with Gasteiger partial charge in [0.05, 0.1) is 17.3 Å². The summed E-state index contributed by atoms with van der Waals surface area (Å²) in [6.45, 7) is 0. The molecule has 3 aromatic rings. The molecule has 5 heteroatoms. The molecule has 0 radical (unpaired) electrons. The van der Waals surface area contributed by atoms with E-state index in [0.29, 0.717) is 6.42 Å². The molecule has 0 saturated carbocycles. The predicted octanol–water partition coefficient (Wildman–Crippen LogP) is 1.64. The van der Waals surface area contributed by atoms with Gasteiger partial charge >= 0.3 is 0 Å². The van der Waals surface area contributed by atoms with Crippen molar-refractivity contribution in [1.82, 2.24) is 20.0 Å². The summed E-state index contributed by atoms with van der Waals surface area (Å²) in [6.07, 6.45) is 3.40. The number of rotatable bonds is 3. The normalized spacial score (nSPS) is 12.7. The maximum Gasteiger partial charge on any atom is 0.0856 e. The smallest absolute Gasteiger partial charge is 0.0856 e. The Hall–Kier alpha value is -2.27. The van der Waals surface area contributed by atoms with Gasteiger partial charge in [0.25, 0.3) is 0 Å². The summed E-state index contributed by atoms with van der Waals surface area (Å²) in [5.41, 5.74) is 2.53. The number of hydrogen-bond donors (Lipinski definition) is 1. The second kappa shape index (κ2) is 4.78. The van der Waals surface area contributed by atoms with Crippen molar-refractivity contribution < 1.29 is 5.11 Å². The van der Waals surface area contributed by atoms with Crippen molar-refractivity contribution in [3.8, 4) is 0 Å². The van der Waals surface area contributed by atoms with Gasteiger partial charge in [-0.3, -0.25) is 9.67 Å². The van der Waals surface area contributed by atoms with Gasteiger partial charge in [-0.25, -0.2) is 0 Å². The number of aryl methyl sites for hydroxylation is 1. The zero-order chi connectivity index (χ0) is 13.2. The first-order valence-corrected chi connectivity index (χ1v) is 6.11. The van der Waals surface area contributed by atoms with Gasteiger partial charge in [-0.1, -0.05) is 23.4 Å². The molecule has 96 valence electrons. The fraction of sp³-hybridized carbons (Fsp3) is 0.214. The molecule has 0 bridgehead atoms. The summed E-state index contributed by atoms with van der Waals surface area (Å²) in [7, 11) is 1.81. The molecule has 1 aromatic carbocycles. The van der Waals surface area contributed by atoms with Crippen LogP contribution in [-0.2, 0) is 13.5 Å². The van der Waals surface area contributed by atoms with E-state index >= 15 is 0 Å². The number of pyridine rings is 1. The molecule has 0 aliphatic heterocycles. The van der Waals surface area contributed by atoms with Crippen LogP contribution in [-0.4, -0.2) is 25.1 Å². The van der Waals surface area contributed by atoms with E-state index in [1.807, 2.05) is 43.6 Å². The SMILES string of the molecule is Cn1cc(CC(O)c2cccc3ncccc23)nn1. The van der Waals surface area contributed by atoms with Crippen LogP contribution in [0.4, 0.5) is 0 Å². The highest BCUT2D eigenvalue weighted by Crippen LogP contribution is 2.24. The third kappa shape index (κ3) is 2.32. The molecule has 1 unspecified atom stereocenters. The lowest BCUT2D eigenvalue weighted by molar-refractivity contribution is 0.178. The third-order valence-electron chi connectivity index (χ3n) is 3.09. The van der Waals surface area contributed by atoms with Crippen molar-refractivity contribution in [2.45, 2.75) is 12.5 Å². The van der Waals surface area contributed by atoms with E-state index in [2.05, 4.69) is 15.3 Å². The standard InChI is InChI=1S/C14H14N4O/c1-18-9-10(16-17-18)8-14(19)12-4-2-6-13-11(12)5-3-7-15-13/h2-7,9,14,19H,8H2,1H3. The van der Waals surface area contributed by atoms with Gasteiger partial charge < -0.3 is 5.11 Å². The van der Waals surface area contributed by atoms with Crippen molar-refractivity contribution in [2.24, 2.45) is 7.05 Å². The van der Waals surface area contributed by atoms with Crippen LogP contribution in [0.2, 0.25) is 0 Å². The Labute approximate surface area is 110 Å². The zero-order valence-electron chi connectivity index (χ0n) is 10.6. The minimum atomic E-state index is -0.607. The van der Waals surface area contributed by atoms with Crippen molar-refractivity contribution >= 4 is 10.9 Å². The molecule has 0 fully saturated rings. The summed E-state index contributed by atoms with van der Waals surface area (Å²) in [6, 6.07) is 9.61. The minimum Gasteiger partial charge on any atom is -0.388 e. The first-order chi connectivity index (χ1) is 9.24. The van der Waals surface area contributed by atoms with E-state index < -0.39 is 6.10 Å². The number of hydrogen-bond acceptors (Lipinski definition) is 4. The van der Waals surface area contributed by atoms with Gasteiger partial charge in [0.2, 0.25) is 0 Å². The lowest BCUT2D eigenvalue weighted by Gasteiger charge is -2.11. The maximum absolute atomic E-state index is 10.4. The second-order valence-electron chi connectivity index (χ2n) is 4.52. The Morgan fingerprint density at radius 2 is 2.16 bits per heavy atom. The topological polar surface area (TPSA) is 63.8 Å². The summed E-state index contributed by atoms with van der Waals surface area (Å²) in [5.74, 6) is 0. The highest BCUT2D eigenvalue weighted by atomic mass is 16.3. The van der Waals surface area contributed by atoms with Crippen LogP contribution in [0, 0.1) is 0 Å². The molecular formula is C14H14N4O. The van der Waals surface area contributed by atoms with Gasteiger partial charge in [-0.2, -0.15) is 0 Å². The molecule has 2 aromatic heterocycles. The number of fused-ring (bicyclic) bond motifs is 1. The number of aliphatic hydroxyl groups is 1. The van der Waals surface area contributed by atoms with Gasteiger partial charge in [-0.05, 0) is 17.7 Å². The molecule has 0 aliphatic rings. The fourth-order valence-electron chi connectivity index (χ4n) is 2.21. The van der Waals surface area contributed by atoms with Crippen molar-refractivity contribution in [3.05, 3.63) is 54.0 Å². The van der Waals surface area contributed by atoms with E-state index in [1.165, 1.54) is 0 Å². The van der Waals surface area contributed by atoms with Gasteiger partial charge in [0, 0.05) is 31.2 Å². The van der Waals surface area contributed by atoms with Crippen LogP contribution in [0.3, 0.4) is 0 Å². The quantitative estimate of drug-likeness (QED) is 0.771. The van der Waals surface area contributed by atoms with Gasteiger partial charge in [0.1, 0.15) is 0 Å². The molecule has 2 heterocycles. The van der Waals surface area contributed by atoms with Crippen molar-refractivity contribution in [2.75, 3.05) is 0 Å². The van der Waals surface area contributed by atoms with Crippen LogP contribution < -0.4 is 0 Å². The first-order valence-electron chi connectivity index (χ1n) is 6.11. The fourth-order valence-corrected chi connectivity index (χ4v) is 2.21. The molecule has 3 rings (SSSR count). The Morgan fingerprint density at radius 3 is 2.95 bits per heavy atom. The predicted molar refractivity (Wildman–Crippen MR) is 71.4 cm³/mol. The Kier molecular flexibility index (Phi) is 2.97. The van der Waals surface area contributed by atoms with Crippen LogP contribution >= 0.6 is 0 Å². The van der Waals surface area contributed by atoms with Crippen LogP contribution in [0.15, 0.2) is 42.7 Å². The van der Waals surface area contributed by atoms with Gasteiger partial charge in [-0.15, -0.1) is 5.10 Å². The molecule has 1 N–H and O–H groups in total. The summed E-state index contributed by atoms with van der Waals surface area (Å²) in [5, 5.41) is 19.2. The second-order valence-corrected chi connectivity index (χ2v) is 4.52. The van der Waals surface area contributed by atoms with Crippen LogP contribution in [0.5, 0.6) is 0 Å². The third-order valence-corrected chi connectivity index (χ3v) is 3.09. The number of benzene rings is 1. The Balaban J connectivity index is 1.95. The monoisotopic (exact) mass is 254 g/mol. The Morgan fingerprint density at radius 1 is 1.26 bits per heavy atom. The van der Waals surface area contributed by atoms with E-state index in [4.69, 9.17) is 0 Å². The van der Waals surface area contributed by atoms with Crippen LogP contribution in [0.1, 0.15) is 17.4 Å². The molecule has 19 heavy (non-hydrogen) atoms. The number of aliphatic hydroxyl groups excluding tert-OH is 1. The van der Waals surface area contributed by atoms with E-state index in [1.54, 1.807) is 10.9 Å². The van der Waals surface area contributed by atoms with Crippen molar-refractivity contribution in [1.29, 1.82) is 0 Å². The highest BCUT2D eigenvalue weighted by molar-refractivity contribution is 5.82. The average Bonchev–Trinajstić information content (AvgIpc) is 2.83. The summed E-state index contributed by atoms with van der Waals surface area (Å²) < 4.78 is 1.63. The molecule has 0 amide bonds. The largest absolute Gasteiger partial charge is 0.388 e. The molecular weight excluding hydrogens is 240 g/mol. The van der Waals surface area contributed by atoms with Crippen molar-refractivity contribution in [3.63, 3.8) is 0 Å². The molecule has 5 nitrogen and oxygen atoms in total. The zero-order valence-corrected chi connectivity index (χ0v) is 10.6. The van der Waals surface area contributed by atoms with Gasteiger partial charge in [0.15, 0.2) is 0 Å². The average molecular weight is 254 g/mol. The molecule has 1 atom stereocenters. The highest BCUT2D eigenvalue weighted by Gasteiger charge is 2.13. The Bertz CT molecular complexity index is 702. The van der Waals surface area contributed by atoms with E-state index in [-0.39, 0.29) is 0 Å². The number of aromatic nitrogens is 4. The summed E-state index contributed by atoms with van der Waals surface area (Å²) >= 11 is 0. The number of nitrogens with zero attached hydrogens (tertiary/aromatic N) is 4. The lowest BCUT2D eigenvalue weighted by Crippen LogP contribution is -2.03. The maximum atomic E-state index is 10.4.